The van der Waals surface area contributed by atoms with Gasteiger partial charge in [-0.15, -0.1) is 0 Å². The average molecular weight is 298 g/mol. The fourth-order valence-corrected chi connectivity index (χ4v) is 2.87. The summed E-state index contributed by atoms with van der Waals surface area (Å²) in [5.41, 5.74) is 6.50. The van der Waals surface area contributed by atoms with Gasteiger partial charge in [-0.2, -0.15) is 0 Å². The number of rotatable bonds is 4. The minimum absolute atomic E-state index is 0.226. The molecular weight excluding hydrogens is 279 g/mol. The van der Waals surface area contributed by atoms with E-state index in [1.807, 2.05) is 24.4 Å². The van der Waals surface area contributed by atoms with Crippen LogP contribution in [0, 0.1) is 19.7 Å². The molecule has 1 aromatic carbocycles. The van der Waals surface area contributed by atoms with Crippen molar-refractivity contribution in [1.82, 2.24) is 9.55 Å². The summed E-state index contributed by atoms with van der Waals surface area (Å²) in [6, 6.07) is 8.58. The van der Waals surface area contributed by atoms with Crippen molar-refractivity contribution >= 4 is 11.0 Å². The van der Waals surface area contributed by atoms with Crippen molar-refractivity contribution in [3.05, 3.63) is 53.6 Å². The number of fused-ring (bicyclic) bond motifs is 1. The Balaban J connectivity index is 2.26. The van der Waals surface area contributed by atoms with E-state index in [9.17, 15) is 4.39 Å². The van der Waals surface area contributed by atoms with Crippen LogP contribution in [-0.4, -0.2) is 23.3 Å². The van der Waals surface area contributed by atoms with Gasteiger partial charge in [0.1, 0.15) is 5.82 Å². The molecule has 114 valence electrons. The largest absolute Gasteiger partial charge is 0.383 e. The van der Waals surface area contributed by atoms with Crippen molar-refractivity contribution in [2.75, 3.05) is 13.7 Å². The lowest BCUT2D eigenvalue weighted by Gasteiger charge is -2.11. The molecule has 0 spiro atoms. The van der Waals surface area contributed by atoms with Gasteiger partial charge in [-0.25, -0.2) is 4.39 Å². The summed E-state index contributed by atoms with van der Waals surface area (Å²) in [5, 5.41) is 0. The molecule has 0 amide bonds. The van der Waals surface area contributed by atoms with Gasteiger partial charge in [0.25, 0.3) is 0 Å². The smallest absolute Gasteiger partial charge is 0.123 e. The summed E-state index contributed by atoms with van der Waals surface area (Å²) in [6.45, 7) is 5.60. The maximum atomic E-state index is 13.2. The predicted octanol–water partition coefficient (Wildman–Crippen LogP) is 4.11. The van der Waals surface area contributed by atoms with E-state index in [1.165, 1.54) is 23.4 Å². The second-order valence-corrected chi connectivity index (χ2v) is 5.42. The Morgan fingerprint density at radius 1 is 1.14 bits per heavy atom. The Hall–Kier alpha value is -2.20. The lowest BCUT2D eigenvalue weighted by molar-refractivity contribution is 0.188. The van der Waals surface area contributed by atoms with Crippen molar-refractivity contribution in [1.29, 1.82) is 0 Å². The third kappa shape index (κ3) is 2.40. The summed E-state index contributed by atoms with van der Waals surface area (Å²) < 4.78 is 20.7. The molecule has 0 aliphatic rings. The molecular formula is C18H19FN2O. The van der Waals surface area contributed by atoms with Crippen molar-refractivity contribution in [2.45, 2.75) is 20.4 Å². The van der Waals surface area contributed by atoms with Gasteiger partial charge in [-0.05, 0) is 43.2 Å². The van der Waals surface area contributed by atoms with Gasteiger partial charge in [0, 0.05) is 31.1 Å². The third-order valence-corrected chi connectivity index (χ3v) is 4.17. The quantitative estimate of drug-likeness (QED) is 0.725. The fourth-order valence-electron chi connectivity index (χ4n) is 2.87. The molecule has 0 aliphatic heterocycles. The highest BCUT2D eigenvalue weighted by atomic mass is 19.1. The molecule has 0 unspecified atom stereocenters. The molecule has 3 nitrogen and oxygen atoms in total. The zero-order chi connectivity index (χ0) is 15.7. The number of aryl methyl sites for hydroxylation is 1. The van der Waals surface area contributed by atoms with Crippen molar-refractivity contribution in [3.8, 4) is 11.1 Å². The second-order valence-electron chi connectivity index (χ2n) is 5.42. The topological polar surface area (TPSA) is 27.1 Å². The van der Waals surface area contributed by atoms with E-state index >= 15 is 0 Å². The van der Waals surface area contributed by atoms with Crippen LogP contribution in [0.2, 0.25) is 0 Å². The van der Waals surface area contributed by atoms with E-state index in [2.05, 4.69) is 23.4 Å². The molecule has 0 radical (unpaired) electrons. The summed E-state index contributed by atoms with van der Waals surface area (Å²) in [4.78, 5) is 4.54. The van der Waals surface area contributed by atoms with E-state index in [-0.39, 0.29) is 5.82 Å². The van der Waals surface area contributed by atoms with Crippen LogP contribution in [0.1, 0.15) is 11.3 Å². The number of hydrogen-bond acceptors (Lipinski definition) is 2. The van der Waals surface area contributed by atoms with Gasteiger partial charge >= 0.3 is 0 Å². The minimum atomic E-state index is -0.226. The van der Waals surface area contributed by atoms with Crippen LogP contribution in [0.25, 0.3) is 22.2 Å². The number of benzene rings is 1. The van der Waals surface area contributed by atoms with E-state index in [0.29, 0.717) is 6.61 Å². The van der Waals surface area contributed by atoms with Crippen molar-refractivity contribution < 1.29 is 9.13 Å². The molecule has 0 fully saturated rings. The molecule has 0 saturated carbocycles. The first-order chi connectivity index (χ1) is 10.6. The zero-order valence-electron chi connectivity index (χ0n) is 13.1. The number of aromatic nitrogens is 2. The maximum Gasteiger partial charge on any atom is 0.123 e. The van der Waals surface area contributed by atoms with Crippen LogP contribution < -0.4 is 0 Å². The number of pyridine rings is 1. The van der Waals surface area contributed by atoms with Crippen LogP contribution in [0.5, 0.6) is 0 Å². The standard InChI is InChI=1S/C18H19FN2O/c1-12-13(2)21(10-11-22-3)18-16(8-9-20-17(12)18)14-4-6-15(19)7-5-14/h4-9H,10-11H2,1-3H3. The second kappa shape index (κ2) is 5.89. The molecule has 0 saturated heterocycles. The normalized spacial score (nSPS) is 11.3. The molecule has 3 rings (SSSR count). The lowest BCUT2D eigenvalue weighted by atomic mass is 10.0. The van der Waals surface area contributed by atoms with Crippen molar-refractivity contribution in [3.63, 3.8) is 0 Å². The zero-order valence-corrected chi connectivity index (χ0v) is 13.1. The molecule has 0 aliphatic carbocycles. The average Bonchev–Trinajstić information content (AvgIpc) is 2.78. The number of hydrogen-bond donors (Lipinski definition) is 0. The van der Waals surface area contributed by atoms with E-state index in [1.54, 1.807) is 7.11 Å². The molecule has 0 bridgehead atoms. The molecule has 0 atom stereocenters. The van der Waals surface area contributed by atoms with Crippen LogP contribution in [0.3, 0.4) is 0 Å². The highest BCUT2D eigenvalue weighted by molar-refractivity contribution is 5.94. The highest BCUT2D eigenvalue weighted by Gasteiger charge is 2.16. The van der Waals surface area contributed by atoms with Crippen LogP contribution >= 0.6 is 0 Å². The van der Waals surface area contributed by atoms with Gasteiger partial charge in [0.2, 0.25) is 0 Å². The Labute approximate surface area is 129 Å². The predicted molar refractivity (Wildman–Crippen MR) is 86.5 cm³/mol. The molecule has 22 heavy (non-hydrogen) atoms. The monoisotopic (exact) mass is 298 g/mol. The number of nitrogens with zero attached hydrogens (tertiary/aromatic N) is 2. The molecule has 2 heterocycles. The van der Waals surface area contributed by atoms with Gasteiger partial charge in [0.15, 0.2) is 0 Å². The van der Waals surface area contributed by atoms with E-state index in [4.69, 9.17) is 4.74 Å². The SMILES string of the molecule is COCCn1c(C)c(C)c2nccc(-c3ccc(F)cc3)c21. The number of halogens is 1. The van der Waals surface area contributed by atoms with Crippen LogP contribution in [0.15, 0.2) is 36.5 Å². The first-order valence-electron chi connectivity index (χ1n) is 7.32. The van der Waals surface area contributed by atoms with E-state index < -0.39 is 0 Å². The highest BCUT2D eigenvalue weighted by Crippen LogP contribution is 2.32. The molecule has 0 N–H and O–H groups in total. The first kappa shape index (κ1) is 14.7. The lowest BCUT2D eigenvalue weighted by Crippen LogP contribution is -2.06. The minimum Gasteiger partial charge on any atom is -0.383 e. The third-order valence-electron chi connectivity index (χ3n) is 4.17. The van der Waals surface area contributed by atoms with Crippen LogP contribution in [-0.2, 0) is 11.3 Å². The van der Waals surface area contributed by atoms with Gasteiger partial charge in [-0.3, -0.25) is 4.98 Å². The molecule has 4 heteroatoms. The number of ether oxygens (including phenoxy) is 1. The fraction of sp³-hybridized carbons (Fsp3) is 0.278. The van der Waals surface area contributed by atoms with Gasteiger partial charge < -0.3 is 9.30 Å². The number of methoxy groups -OCH3 is 1. The van der Waals surface area contributed by atoms with Crippen LogP contribution in [0.4, 0.5) is 4.39 Å². The molecule has 2 aromatic heterocycles. The summed E-state index contributed by atoms with van der Waals surface area (Å²) in [6.07, 6.45) is 1.81. The summed E-state index contributed by atoms with van der Waals surface area (Å²) >= 11 is 0. The Morgan fingerprint density at radius 2 is 1.86 bits per heavy atom. The maximum absolute atomic E-state index is 13.2. The Morgan fingerprint density at radius 3 is 2.55 bits per heavy atom. The van der Waals surface area contributed by atoms with Gasteiger partial charge in [0.05, 0.1) is 17.6 Å². The van der Waals surface area contributed by atoms with Crippen molar-refractivity contribution in [2.24, 2.45) is 0 Å². The first-order valence-corrected chi connectivity index (χ1v) is 7.32. The summed E-state index contributed by atoms with van der Waals surface area (Å²) in [5.74, 6) is -0.226. The van der Waals surface area contributed by atoms with E-state index in [0.717, 1.165) is 28.7 Å². The Bertz CT molecular complexity index is 806. The van der Waals surface area contributed by atoms with Gasteiger partial charge in [-0.1, -0.05) is 12.1 Å². The summed E-state index contributed by atoms with van der Waals surface area (Å²) in [7, 11) is 1.70. The molecule has 3 aromatic rings. The Kier molecular flexibility index (Phi) is 3.94.